The quantitative estimate of drug-likeness (QED) is 0.686. The van der Waals surface area contributed by atoms with Crippen molar-refractivity contribution in [1.29, 1.82) is 5.26 Å². The van der Waals surface area contributed by atoms with Gasteiger partial charge in [0, 0.05) is 17.8 Å². The van der Waals surface area contributed by atoms with Crippen molar-refractivity contribution < 1.29 is 0 Å². The lowest BCUT2D eigenvalue weighted by atomic mass is 10.1. The van der Waals surface area contributed by atoms with Crippen LogP contribution in [0, 0.1) is 11.3 Å². The smallest absolute Gasteiger partial charge is 0.251 e. The largest absolute Gasteiger partial charge is 0.397 e. The molecule has 0 atom stereocenters. The molecule has 78 valence electrons. The third-order valence-electron chi connectivity index (χ3n) is 2.15. The van der Waals surface area contributed by atoms with Crippen molar-refractivity contribution in [3.8, 4) is 17.5 Å². The third kappa shape index (κ3) is 1.64. The van der Waals surface area contributed by atoms with E-state index >= 15 is 0 Å². The zero-order valence-corrected chi connectivity index (χ0v) is 8.27. The normalized spacial score (nSPS) is 9.69. The van der Waals surface area contributed by atoms with Crippen molar-refractivity contribution in [2.75, 3.05) is 5.73 Å². The van der Waals surface area contributed by atoms with Crippen molar-refractivity contribution in [3.63, 3.8) is 0 Å². The minimum Gasteiger partial charge on any atom is -0.397 e. The molecule has 3 N–H and O–H groups in total. The molecule has 0 bridgehead atoms. The van der Waals surface area contributed by atoms with Crippen molar-refractivity contribution in [1.82, 2.24) is 9.97 Å². The first-order chi connectivity index (χ1) is 7.72. The monoisotopic (exact) mass is 212 g/mol. The Bertz CT molecular complexity index is 624. The molecule has 0 radical (unpaired) electrons. The second-order valence-corrected chi connectivity index (χ2v) is 3.16. The Hall–Kier alpha value is -2.61. The minimum absolute atomic E-state index is 0.258. The highest BCUT2D eigenvalue weighted by atomic mass is 16.1. The van der Waals surface area contributed by atoms with Crippen LogP contribution in [0.1, 0.15) is 5.56 Å². The Balaban J connectivity index is 2.66. The zero-order chi connectivity index (χ0) is 11.5. The number of rotatable bonds is 1. The summed E-state index contributed by atoms with van der Waals surface area (Å²) in [5.74, 6) is 0.363. The maximum atomic E-state index is 11.1. The van der Waals surface area contributed by atoms with E-state index in [2.05, 4.69) is 9.97 Å². The Morgan fingerprint density at radius 1 is 1.38 bits per heavy atom. The molecule has 0 saturated carbocycles. The molecular formula is C11H8N4O. The van der Waals surface area contributed by atoms with Crippen LogP contribution in [0.3, 0.4) is 0 Å². The van der Waals surface area contributed by atoms with E-state index in [1.165, 1.54) is 12.3 Å². The summed E-state index contributed by atoms with van der Waals surface area (Å²) >= 11 is 0. The first-order valence-electron chi connectivity index (χ1n) is 4.56. The van der Waals surface area contributed by atoms with Gasteiger partial charge in [-0.1, -0.05) is 6.07 Å². The average Bonchev–Trinajstić information content (AvgIpc) is 2.29. The average molecular weight is 212 g/mol. The van der Waals surface area contributed by atoms with Crippen molar-refractivity contribution in [3.05, 3.63) is 46.4 Å². The molecule has 1 heterocycles. The summed E-state index contributed by atoms with van der Waals surface area (Å²) in [7, 11) is 0. The predicted molar refractivity (Wildman–Crippen MR) is 59.4 cm³/mol. The lowest BCUT2D eigenvalue weighted by Crippen LogP contribution is -2.07. The molecule has 1 aromatic heterocycles. The van der Waals surface area contributed by atoms with Gasteiger partial charge in [0.05, 0.1) is 11.3 Å². The van der Waals surface area contributed by atoms with Crippen LogP contribution in [0.2, 0.25) is 0 Å². The fourth-order valence-corrected chi connectivity index (χ4v) is 1.38. The summed E-state index contributed by atoms with van der Waals surface area (Å²) < 4.78 is 0. The van der Waals surface area contributed by atoms with E-state index in [0.29, 0.717) is 22.6 Å². The number of nitriles is 1. The van der Waals surface area contributed by atoms with Gasteiger partial charge in [-0.3, -0.25) is 4.79 Å². The fraction of sp³-hybridized carbons (Fsp3) is 0. The SMILES string of the molecule is N#Cc1cccc(-c2nccc(=O)[nH]2)c1N. The zero-order valence-electron chi connectivity index (χ0n) is 8.27. The lowest BCUT2D eigenvalue weighted by molar-refractivity contribution is 1.13. The number of nitrogens with one attached hydrogen (secondary N) is 1. The molecule has 0 amide bonds. The third-order valence-corrected chi connectivity index (χ3v) is 2.15. The number of para-hydroxylation sites is 1. The number of nitrogen functional groups attached to an aromatic ring is 1. The van der Waals surface area contributed by atoms with Gasteiger partial charge < -0.3 is 10.7 Å². The van der Waals surface area contributed by atoms with E-state index in [0.717, 1.165) is 0 Å². The first kappa shape index (κ1) is 9.93. The lowest BCUT2D eigenvalue weighted by Gasteiger charge is -2.05. The van der Waals surface area contributed by atoms with Crippen LogP contribution in [0.25, 0.3) is 11.4 Å². The molecule has 16 heavy (non-hydrogen) atoms. The summed E-state index contributed by atoms with van der Waals surface area (Å²) in [6.07, 6.45) is 1.40. The molecule has 5 nitrogen and oxygen atoms in total. The number of hydrogen-bond donors (Lipinski definition) is 2. The van der Waals surface area contributed by atoms with Crippen LogP contribution < -0.4 is 11.3 Å². The molecule has 2 rings (SSSR count). The van der Waals surface area contributed by atoms with Crippen LogP contribution in [-0.4, -0.2) is 9.97 Å². The number of nitrogens with two attached hydrogens (primary N) is 1. The molecule has 0 aliphatic heterocycles. The van der Waals surface area contributed by atoms with Crippen LogP contribution in [0.4, 0.5) is 5.69 Å². The van der Waals surface area contributed by atoms with Gasteiger partial charge in [0.1, 0.15) is 11.9 Å². The van der Waals surface area contributed by atoms with Crippen LogP contribution >= 0.6 is 0 Å². The standard InChI is InChI=1S/C11H8N4O/c12-6-7-2-1-3-8(10(7)13)11-14-5-4-9(16)15-11/h1-5H,13H2,(H,14,15,16). The van der Waals surface area contributed by atoms with Crippen molar-refractivity contribution >= 4 is 5.69 Å². The number of hydrogen-bond acceptors (Lipinski definition) is 4. The summed E-state index contributed by atoms with van der Waals surface area (Å²) in [5, 5.41) is 8.82. The van der Waals surface area contributed by atoms with Gasteiger partial charge in [-0.25, -0.2) is 4.98 Å². The minimum atomic E-state index is -0.258. The van der Waals surface area contributed by atoms with E-state index in [1.807, 2.05) is 6.07 Å². The molecule has 0 fully saturated rings. The molecule has 0 aliphatic carbocycles. The first-order valence-corrected chi connectivity index (χ1v) is 4.56. The second-order valence-electron chi connectivity index (χ2n) is 3.16. The van der Waals surface area contributed by atoms with Gasteiger partial charge in [-0.05, 0) is 12.1 Å². The van der Waals surface area contributed by atoms with Crippen LogP contribution in [0.5, 0.6) is 0 Å². The molecule has 0 spiro atoms. The van der Waals surface area contributed by atoms with Gasteiger partial charge in [0.2, 0.25) is 0 Å². The maximum absolute atomic E-state index is 11.1. The Morgan fingerprint density at radius 2 is 2.19 bits per heavy atom. The highest BCUT2D eigenvalue weighted by Crippen LogP contribution is 2.24. The second kappa shape index (κ2) is 3.87. The highest BCUT2D eigenvalue weighted by Gasteiger charge is 2.07. The topological polar surface area (TPSA) is 95.6 Å². The molecule has 5 heteroatoms. The van der Waals surface area contributed by atoms with Gasteiger partial charge in [0.15, 0.2) is 0 Å². The Morgan fingerprint density at radius 3 is 2.88 bits per heavy atom. The molecule has 0 saturated heterocycles. The van der Waals surface area contributed by atoms with Gasteiger partial charge in [-0.15, -0.1) is 0 Å². The number of H-pyrrole nitrogens is 1. The summed E-state index contributed by atoms with van der Waals surface area (Å²) in [6.45, 7) is 0. The van der Waals surface area contributed by atoms with E-state index < -0.39 is 0 Å². The molecule has 1 aromatic carbocycles. The number of aromatic amines is 1. The van der Waals surface area contributed by atoms with E-state index in [-0.39, 0.29) is 5.56 Å². The summed E-state index contributed by atoms with van der Waals surface area (Å²) in [5.41, 5.74) is 6.77. The predicted octanol–water partition coefficient (Wildman–Crippen LogP) is 0.891. The maximum Gasteiger partial charge on any atom is 0.251 e. The van der Waals surface area contributed by atoms with Crippen LogP contribution in [0.15, 0.2) is 35.3 Å². The van der Waals surface area contributed by atoms with E-state index in [1.54, 1.807) is 18.2 Å². The highest BCUT2D eigenvalue weighted by molar-refractivity contribution is 5.76. The fourth-order valence-electron chi connectivity index (χ4n) is 1.38. The Labute approximate surface area is 91.2 Å². The van der Waals surface area contributed by atoms with Gasteiger partial charge in [-0.2, -0.15) is 5.26 Å². The van der Waals surface area contributed by atoms with E-state index in [4.69, 9.17) is 11.0 Å². The summed E-state index contributed by atoms with van der Waals surface area (Å²) in [6, 6.07) is 8.29. The molecule has 0 aliphatic rings. The van der Waals surface area contributed by atoms with Crippen molar-refractivity contribution in [2.45, 2.75) is 0 Å². The summed E-state index contributed by atoms with van der Waals surface area (Å²) in [4.78, 5) is 17.7. The number of aromatic nitrogens is 2. The Kier molecular flexibility index (Phi) is 2.40. The number of nitrogens with zero attached hydrogens (tertiary/aromatic N) is 2. The van der Waals surface area contributed by atoms with Crippen LogP contribution in [-0.2, 0) is 0 Å². The van der Waals surface area contributed by atoms with E-state index in [9.17, 15) is 4.79 Å². The van der Waals surface area contributed by atoms with Gasteiger partial charge in [0.25, 0.3) is 5.56 Å². The molecule has 2 aromatic rings. The molecular weight excluding hydrogens is 204 g/mol. The van der Waals surface area contributed by atoms with Crippen molar-refractivity contribution in [2.24, 2.45) is 0 Å². The number of anilines is 1. The number of benzene rings is 1. The van der Waals surface area contributed by atoms with Gasteiger partial charge >= 0.3 is 0 Å². The molecule has 0 unspecified atom stereocenters.